The Morgan fingerprint density at radius 2 is 2.38 bits per heavy atom. The molecule has 0 saturated carbocycles. The highest BCUT2D eigenvalue weighted by Gasteiger charge is 1.92. The summed E-state index contributed by atoms with van der Waals surface area (Å²) in [4.78, 5) is 10.7. The average molecular weight is 178 g/mol. The van der Waals surface area contributed by atoms with E-state index in [0.717, 1.165) is 5.57 Å². The van der Waals surface area contributed by atoms with Gasteiger partial charge in [-0.3, -0.25) is 0 Å². The molecule has 68 valence electrons. The van der Waals surface area contributed by atoms with Crippen LogP contribution in [0.15, 0.2) is 48.5 Å². The third-order valence-electron chi connectivity index (χ3n) is 1.40. The van der Waals surface area contributed by atoms with E-state index in [1.807, 2.05) is 6.08 Å². The number of ether oxygens (including phenoxy) is 2. The lowest BCUT2D eigenvalue weighted by Gasteiger charge is -1.90. The zero-order chi connectivity index (χ0) is 9.52. The molecule has 0 aromatic carbocycles. The average Bonchev–Trinajstić information content (AvgIpc) is 2.42. The molecular formula is C10H10O3. The summed E-state index contributed by atoms with van der Waals surface area (Å²) in [6.07, 6.45) is 11.4. The molecule has 0 atom stereocenters. The van der Waals surface area contributed by atoms with Crippen molar-refractivity contribution in [3.8, 4) is 0 Å². The van der Waals surface area contributed by atoms with Gasteiger partial charge in [0.25, 0.3) is 0 Å². The van der Waals surface area contributed by atoms with Crippen LogP contribution < -0.4 is 0 Å². The molecule has 0 aromatic heterocycles. The molecule has 0 spiro atoms. The maximum absolute atomic E-state index is 10.7. The van der Waals surface area contributed by atoms with E-state index in [4.69, 9.17) is 4.74 Å². The van der Waals surface area contributed by atoms with Crippen LogP contribution in [0.2, 0.25) is 0 Å². The molecule has 13 heavy (non-hydrogen) atoms. The Hall–Kier alpha value is -1.77. The van der Waals surface area contributed by atoms with Crippen LogP contribution in [0.1, 0.15) is 0 Å². The number of hydrogen-bond acceptors (Lipinski definition) is 3. The molecule has 1 aliphatic rings. The topological polar surface area (TPSA) is 35.5 Å². The van der Waals surface area contributed by atoms with Crippen LogP contribution >= 0.6 is 0 Å². The van der Waals surface area contributed by atoms with Gasteiger partial charge in [0.2, 0.25) is 0 Å². The van der Waals surface area contributed by atoms with Crippen LogP contribution in [0.3, 0.4) is 0 Å². The van der Waals surface area contributed by atoms with Crippen molar-refractivity contribution in [3.05, 3.63) is 48.5 Å². The lowest BCUT2D eigenvalue weighted by atomic mass is 10.2. The highest BCUT2D eigenvalue weighted by Crippen LogP contribution is 2.04. The number of carbonyl (C=O) groups excluding carboxylic acids is 1. The van der Waals surface area contributed by atoms with Crippen LogP contribution in [0.25, 0.3) is 0 Å². The highest BCUT2D eigenvalue weighted by atomic mass is 16.5. The second-order valence-electron chi connectivity index (χ2n) is 2.29. The van der Waals surface area contributed by atoms with Crippen molar-refractivity contribution in [2.24, 2.45) is 0 Å². The number of rotatable bonds is 2. The zero-order valence-electron chi connectivity index (χ0n) is 7.27. The van der Waals surface area contributed by atoms with Crippen LogP contribution in [0, 0.1) is 0 Å². The number of hydrogen-bond donors (Lipinski definition) is 0. The van der Waals surface area contributed by atoms with E-state index in [1.54, 1.807) is 24.5 Å². The van der Waals surface area contributed by atoms with Crippen molar-refractivity contribution >= 4 is 5.97 Å². The molecule has 0 fully saturated rings. The first-order chi connectivity index (χ1) is 6.33. The molecule has 0 radical (unpaired) electrons. The number of esters is 1. The smallest absolute Gasteiger partial charge is 0.330 e. The van der Waals surface area contributed by atoms with Crippen molar-refractivity contribution in [1.29, 1.82) is 0 Å². The Morgan fingerprint density at radius 3 is 3.15 bits per heavy atom. The monoisotopic (exact) mass is 178 g/mol. The van der Waals surface area contributed by atoms with Gasteiger partial charge in [-0.05, 0) is 23.8 Å². The minimum Gasteiger partial charge on any atom is -0.473 e. The highest BCUT2D eigenvalue weighted by molar-refractivity contribution is 5.82. The second kappa shape index (κ2) is 4.98. The van der Waals surface area contributed by atoms with E-state index < -0.39 is 0 Å². The molecule has 1 rings (SSSR count). The maximum Gasteiger partial charge on any atom is 0.330 e. The van der Waals surface area contributed by atoms with Crippen molar-refractivity contribution in [2.75, 3.05) is 7.11 Å². The summed E-state index contributed by atoms with van der Waals surface area (Å²) in [5.74, 6) is -0.372. The van der Waals surface area contributed by atoms with Crippen molar-refractivity contribution in [3.63, 3.8) is 0 Å². The largest absolute Gasteiger partial charge is 0.473 e. The van der Waals surface area contributed by atoms with Gasteiger partial charge in [0.05, 0.1) is 19.6 Å². The quantitative estimate of drug-likeness (QED) is 0.477. The van der Waals surface area contributed by atoms with E-state index >= 15 is 0 Å². The molecule has 0 amide bonds. The Labute approximate surface area is 76.6 Å². The summed E-state index contributed by atoms with van der Waals surface area (Å²) >= 11 is 0. The predicted molar refractivity (Wildman–Crippen MR) is 48.6 cm³/mol. The van der Waals surface area contributed by atoms with Gasteiger partial charge in [-0.15, -0.1) is 0 Å². The Bertz CT molecular complexity index is 295. The van der Waals surface area contributed by atoms with E-state index in [1.165, 1.54) is 19.4 Å². The van der Waals surface area contributed by atoms with E-state index in [2.05, 4.69) is 4.74 Å². The molecule has 1 heterocycles. The Kier molecular flexibility index (Phi) is 3.57. The minimum atomic E-state index is -0.372. The van der Waals surface area contributed by atoms with Gasteiger partial charge < -0.3 is 9.47 Å². The molecule has 0 unspecified atom stereocenters. The van der Waals surface area contributed by atoms with Gasteiger partial charge in [-0.25, -0.2) is 4.79 Å². The summed E-state index contributed by atoms with van der Waals surface area (Å²) in [5.41, 5.74) is 0.874. The summed E-state index contributed by atoms with van der Waals surface area (Å²) in [7, 11) is 1.34. The number of methoxy groups -OCH3 is 1. The fourth-order valence-corrected chi connectivity index (χ4v) is 0.758. The summed E-state index contributed by atoms with van der Waals surface area (Å²) in [6, 6.07) is 0. The van der Waals surface area contributed by atoms with Gasteiger partial charge in [0.1, 0.15) is 0 Å². The minimum absolute atomic E-state index is 0.372. The molecule has 1 aliphatic heterocycles. The van der Waals surface area contributed by atoms with Crippen LogP contribution in [-0.2, 0) is 14.3 Å². The first-order valence-corrected chi connectivity index (χ1v) is 3.78. The fraction of sp³-hybridized carbons (Fsp3) is 0.100. The van der Waals surface area contributed by atoms with Crippen molar-refractivity contribution < 1.29 is 14.3 Å². The van der Waals surface area contributed by atoms with E-state index in [0.29, 0.717) is 0 Å². The summed E-state index contributed by atoms with van der Waals surface area (Å²) in [6.45, 7) is 0. The van der Waals surface area contributed by atoms with E-state index in [9.17, 15) is 4.79 Å². The molecule has 0 N–H and O–H groups in total. The lowest BCUT2D eigenvalue weighted by molar-refractivity contribution is -0.134. The van der Waals surface area contributed by atoms with Gasteiger partial charge >= 0.3 is 5.97 Å². The SMILES string of the molecule is COC(=O)C=CC1=CC=COC=C1. The molecule has 0 bridgehead atoms. The Balaban J connectivity index is 2.62. The Morgan fingerprint density at radius 1 is 1.54 bits per heavy atom. The molecule has 0 saturated heterocycles. The van der Waals surface area contributed by atoms with Crippen LogP contribution in [-0.4, -0.2) is 13.1 Å². The number of allylic oxidation sites excluding steroid dienone is 5. The molecular weight excluding hydrogens is 168 g/mol. The second-order valence-corrected chi connectivity index (χ2v) is 2.29. The van der Waals surface area contributed by atoms with Crippen molar-refractivity contribution in [2.45, 2.75) is 0 Å². The van der Waals surface area contributed by atoms with Gasteiger partial charge in [0.15, 0.2) is 0 Å². The first-order valence-electron chi connectivity index (χ1n) is 3.78. The molecule has 0 aliphatic carbocycles. The third-order valence-corrected chi connectivity index (χ3v) is 1.40. The van der Waals surface area contributed by atoms with Crippen LogP contribution in [0.4, 0.5) is 0 Å². The van der Waals surface area contributed by atoms with Gasteiger partial charge in [-0.1, -0.05) is 6.08 Å². The van der Waals surface area contributed by atoms with Crippen molar-refractivity contribution in [1.82, 2.24) is 0 Å². The number of carbonyl (C=O) groups is 1. The van der Waals surface area contributed by atoms with Crippen LogP contribution in [0.5, 0.6) is 0 Å². The van der Waals surface area contributed by atoms with E-state index in [-0.39, 0.29) is 5.97 Å². The standard InChI is InChI=1S/C10H10O3/c1-12-10(11)5-4-9-3-2-7-13-8-6-9/h2-8H,1H3. The lowest BCUT2D eigenvalue weighted by Crippen LogP contribution is -1.93. The zero-order valence-corrected chi connectivity index (χ0v) is 7.27. The fourth-order valence-electron chi connectivity index (χ4n) is 0.758. The summed E-state index contributed by atoms with van der Waals surface area (Å²) in [5, 5.41) is 0. The predicted octanol–water partition coefficient (Wildman–Crippen LogP) is 1.70. The summed E-state index contributed by atoms with van der Waals surface area (Å²) < 4.78 is 9.34. The first kappa shape index (κ1) is 9.32. The third kappa shape index (κ3) is 3.42. The molecule has 0 aromatic rings. The molecule has 3 heteroatoms. The van der Waals surface area contributed by atoms with Gasteiger partial charge in [-0.2, -0.15) is 0 Å². The van der Waals surface area contributed by atoms with Gasteiger partial charge in [0, 0.05) is 6.08 Å². The maximum atomic E-state index is 10.7. The molecule has 3 nitrogen and oxygen atoms in total. The normalized spacial score (nSPS) is 15.0.